The van der Waals surface area contributed by atoms with Crippen LogP contribution in [-0.2, 0) is 4.74 Å². The van der Waals surface area contributed by atoms with E-state index >= 15 is 0 Å². The minimum absolute atomic E-state index is 0.597. The van der Waals surface area contributed by atoms with E-state index in [1.807, 2.05) is 6.08 Å². The molecule has 2 rings (SSSR count). The largest absolute Gasteiger partial charge is 0.377 e. The Labute approximate surface area is 151 Å². The fourth-order valence-corrected chi connectivity index (χ4v) is 5.34. The molecule has 0 aliphatic heterocycles. The summed E-state index contributed by atoms with van der Waals surface area (Å²) in [4.78, 5) is 0. The minimum Gasteiger partial charge on any atom is -0.377 e. The third-order valence-electron chi connectivity index (χ3n) is 6.98. The van der Waals surface area contributed by atoms with Gasteiger partial charge in [0.1, 0.15) is 0 Å². The topological polar surface area (TPSA) is 9.23 Å². The fraction of sp³-hybridized carbons (Fsp3) is 0.913. The van der Waals surface area contributed by atoms with Crippen LogP contribution in [0.15, 0.2) is 12.7 Å². The van der Waals surface area contributed by atoms with E-state index in [-0.39, 0.29) is 0 Å². The van der Waals surface area contributed by atoms with E-state index in [2.05, 4.69) is 13.5 Å². The molecule has 2 aliphatic carbocycles. The molecule has 0 aromatic carbocycles. The minimum atomic E-state index is 0.597. The van der Waals surface area contributed by atoms with E-state index in [0.29, 0.717) is 5.41 Å². The lowest BCUT2D eigenvalue weighted by molar-refractivity contribution is 0.0487. The van der Waals surface area contributed by atoms with Gasteiger partial charge in [0.05, 0.1) is 6.61 Å². The van der Waals surface area contributed by atoms with E-state index in [0.717, 1.165) is 25.0 Å². The molecular weight excluding hydrogens is 292 g/mol. The van der Waals surface area contributed by atoms with Gasteiger partial charge < -0.3 is 4.74 Å². The Balaban J connectivity index is 1.80. The van der Waals surface area contributed by atoms with Crippen molar-refractivity contribution < 1.29 is 4.74 Å². The van der Waals surface area contributed by atoms with Crippen LogP contribution in [0.3, 0.4) is 0 Å². The average molecular weight is 335 g/mol. The van der Waals surface area contributed by atoms with Crippen LogP contribution in [0.2, 0.25) is 0 Å². The van der Waals surface area contributed by atoms with Crippen molar-refractivity contribution in [1.82, 2.24) is 0 Å². The number of rotatable bonds is 11. The van der Waals surface area contributed by atoms with Crippen LogP contribution < -0.4 is 0 Å². The van der Waals surface area contributed by atoms with Gasteiger partial charge >= 0.3 is 0 Å². The second-order valence-corrected chi connectivity index (χ2v) is 8.66. The molecule has 0 aromatic rings. The zero-order valence-electron chi connectivity index (χ0n) is 16.4. The highest BCUT2D eigenvalue weighted by atomic mass is 16.5. The van der Waals surface area contributed by atoms with Crippen LogP contribution in [0.5, 0.6) is 0 Å². The highest BCUT2D eigenvalue weighted by molar-refractivity contribution is 4.88. The Morgan fingerprint density at radius 3 is 2.29 bits per heavy atom. The van der Waals surface area contributed by atoms with Gasteiger partial charge in [0.15, 0.2) is 0 Å². The van der Waals surface area contributed by atoms with Crippen LogP contribution in [0.4, 0.5) is 0 Å². The quantitative estimate of drug-likeness (QED) is 0.284. The smallest absolute Gasteiger partial charge is 0.0644 e. The number of ether oxygens (including phenoxy) is 1. The standard InChI is InChI=1S/C23H42O/c1-3-5-6-10-15-23(18-20-24-19-4-2)16-13-22(14-17-23)21-11-8-7-9-12-21/h4,21-22H,2-3,5-20H2,1H3/t22-,23+. The van der Waals surface area contributed by atoms with Gasteiger partial charge in [-0.25, -0.2) is 0 Å². The zero-order valence-corrected chi connectivity index (χ0v) is 16.4. The van der Waals surface area contributed by atoms with Crippen molar-refractivity contribution in [1.29, 1.82) is 0 Å². The normalized spacial score (nSPS) is 28.8. The van der Waals surface area contributed by atoms with Gasteiger partial charge in [0.2, 0.25) is 0 Å². The van der Waals surface area contributed by atoms with Crippen molar-refractivity contribution in [2.45, 2.75) is 103 Å². The molecule has 24 heavy (non-hydrogen) atoms. The highest BCUT2D eigenvalue weighted by Gasteiger charge is 2.37. The third kappa shape index (κ3) is 6.54. The Bertz CT molecular complexity index is 321. The summed E-state index contributed by atoms with van der Waals surface area (Å²) in [5.41, 5.74) is 0.597. The third-order valence-corrected chi connectivity index (χ3v) is 6.98. The summed E-state index contributed by atoms with van der Waals surface area (Å²) in [7, 11) is 0. The molecular formula is C23H42O. The second kappa shape index (κ2) is 11.3. The lowest BCUT2D eigenvalue weighted by Crippen LogP contribution is -2.32. The van der Waals surface area contributed by atoms with Crippen LogP contribution in [0.25, 0.3) is 0 Å². The van der Waals surface area contributed by atoms with E-state index in [1.54, 1.807) is 0 Å². The molecule has 0 radical (unpaired) electrons. The molecule has 0 heterocycles. The van der Waals surface area contributed by atoms with Crippen molar-refractivity contribution in [2.75, 3.05) is 13.2 Å². The second-order valence-electron chi connectivity index (χ2n) is 8.66. The molecule has 1 heteroatoms. The maximum atomic E-state index is 5.76. The summed E-state index contributed by atoms with van der Waals surface area (Å²) in [6.07, 6.45) is 23.7. The van der Waals surface area contributed by atoms with Gasteiger partial charge in [-0.2, -0.15) is 0 Å². The Morgan fingerprint density at radius 1 is 0.917 bits per heavy atom. The summed E-state index contributed by atoms with van der Waals surface area (Å²) in [6, 6.07) is 0. The molecule has 140 valence electrons. The molecule has 0 atom stereocenters. The van der Waals surface area contributed by atoms with Crippen LogP contribution in [0.1, 0.15) is 103 Å². The first kappa shape index (κ1) is 20.0. The van der Waals surface area contributed by atoms with E-state index in [9.17, 15) is 0 Å². The predicted molar refractivity (Wildman–Crippen MR) is 105 cm³/mol. The SMILES string of the molecule is C=CCOCC[C@]1(CCCCCC)CC[C@H](C2CCCCC2)CC1. The molecule has 1 nitrogen and oxygen atoms in total. The molecule has 0 bridgehead atoms. The van der Waals surface area contributed by atoms with Gasteiger partial charge in [-0.15, -0.1) is 6.58 Å². The van der Waals surface area contributed by atoms with Gasteiger partial charge in [0, 0.05) is 6.61 Å². The molecule has 2 saturated carbocycles. The van der Waals surface area contributed by atoms with Crippen molar-refractivity contribution in [3.8, 4) is 0 Å². The maximum Gasteiger partial charge on any atom is 0.0644 e. The monoisotopic (exact) mass is 334 g/mol. The van der Waals surface area contributed by atoms with Gasteiger partial charge in [0.25, 0.3) is 0 Å². The molecule has 2 fully saturated rings. The van der Waals surface area contributed by atoms with Gasteiger partial charge in [-0.1, -0.05) is 70.8 Å². The van der Waals surface area contributed by atoms with Crippen LogP contribution in [0, 0.1) is 17.3 Å². The average Bonchev–Trinajstić information content (AvgIpc) is 2.64. The first-order valence-corrected chi connectivity index (χ1v) is 11.0. The number of hydrogen-bond acceptors (Lipinski definition) is 1. The van der Waals surface area contributed by atoms with Gasteiger partial charge in [-0.3, -0.25) is 0 Å². The van der Waals surface area contributed by atoms with Crippen molar-refractivity contribution in [3.63, 3.8) is 0 Å². The van der Waals surface area contributed by atoms with Crippen LogP contribution >= 0.6 is 0 Å². The first-order valence-electron chi connectivity index (χ1n) is 11.0. The van der Waals surface area contributed by atoms with Crippen LogP contribution in [-0.4, -0.2) is 13.2 Å². The molecule has 2 aliphatic rings. The first-order chi connectivity index (χ1) is 11.8. The summed E-state index contributed by atoms with van der Waals surface area (Å²) in [5.74, 6) is 2.11. The molecule has 0 saturated heterocycles. The predicted octanol–water partition coefficient (Wildman–Crippen LogP) is 7.31. The summed E-state index contributed by atoms with van der Waals surface area (Å²) >= 11 is 0. The lowest BCUT2D eigenvalue weighted by atomic mass is 9.62. The maximum absolute atomic E-state index is 5.76. The number of unbranched alkanes of at least 4 members (excludes halogenated alkanes) is 3. The summed E-state index contributed by atoms with van der Waals surface area (Å²) in [5, 5.41) is 0. The lowest BCUT2D eigenvalue weighted by Gasteiger charge is -2.43. The van der Waals surface area contributed by atoms with Crippen molar-refractivity contribution in [2.24, 2.45) is 17.3 Å². The fourth-order valence-electron chi connectivity index (χ4n) is 5.34. The van der Waals surface area contributed by atoms with Crippen molar-refractivity contribution in [3.05, 3.63) is 12.7 Å². The van der Waals surface area contributed by atoms with E-state index in [4.69, 9.17) is 4.74 Å². The summed E-state index contributed by atoms with van der Waals surface area (Å²) < 4.78 is 5.76. The molecule has 0 aromatic heterocycles. The zero-order chi connectivity index (χ0) is 17.1. The summed E-state index contributed by atoms with van der Waals surface area (Å²) in [6.45, 7) is 7.74. The molecule has 0 amide bonds. The Kier molecular flexibility index (Phi) is 9.46. The Morgan fingerprint density at radius 2 is 1.62 bits per heavy atom. The van der Waals surface area contributed by atoms with E-state index in [1.165, 1.54) is 96.3 Å². The number of hydrogen-bond donors (Lipinski definition) is 0. The van der Waals surface area contributed by atoms with Crippen molar-refractivity contribution >= 4 is 0 Å². The molecule has 0 spiro atoms. The highest BCUT2D eigenvalue weighted by Crippen LogP contribution is 2.49. The molecule has 0 N–H and O–H groups in total. The Hall–Kier alpha value is -0.300. The molecule has 0 unspecified atom stereocenters. The van der Waals surface area contributed by atoms with Gasteiger partial charge in [-0.05, 0) is 55.8 Å². The van der Waals surface area contributed by atoms with E-state index < -0.39 is 0 Å².